The molecule has 3 N–H and O–H groups in total. The topological polar surface area (TPSA) is 72.1 Å². The number of benzene rings is 1. The quantitative estimate of drug-likeness (QED) is 0.612. The third-order valence-electron chi connectivity index (χ3n) is 4.24. The maximum Gasteiger partial charge on any atom is 0.193 e. The molecule has 0 atom stereocenters. The monoisotopic (exact) mass is 360 g/mol. The highest BCUT2D eigenvalue weighted by Gasteiger charge is 2.16. The van der Waals surface area contributed by atoms with Crippen molar-refractivity contribution < 1.29 is 9.47 Å². The fourth-order valence-corrected chi connectivity index (χ4v) is 3.80. The molecule has 7 heteroatoms. The molecule has 1 aliphatic heterocycles. The van der Waals surface area contributed by atoms with E-state index in [9.17, 15) is 0 Å². The molecule has 1 aromatic heterocycles. The first-order valence-electron chi connectivity index (χ1n) is 8.26. The first-order chi connectivity index (χ1) is 12.2. The fraction of sp³-hybridized carbons (Fsp3) is 0.389. The Hall–Kier alpha value is -2.25. The number of nitrogens with one attached hydrogen (secondary N) is 1. The van der Waals surface area contributed by atoms with E-state index in [1.165, 1.54) is 10.4 Å². The van der Waals surface area contributed by atoms with E-state index in [2.05, 4.69) is 26.7 Å². The van der Waals surface area contributed by atoms with E-state index in [1.54, 1.807) is 14.2 Å². The first-order valence-corrected chi connectivity index (χ1v) is 9.14. The summed E-state index contributed by atoms with van der Waals surface area (Å²) in [5, 5.41) is 5.27. The fourth-order valence-electron chi connectivity index (χ4n) is 2.91. The number of aliphatic imine (C=N–C) groups is 1. The molecular formula is C18H24N4O2S. The largest absolute Gasteiger partial charge is 0.493 e. The highest BCUT2D eigenvalue weighted by atomic mass is 32.1. The molecule has 0 aliphatic carbocycles. The van der Waals surface area contributed by atoms with Crippen molar-refractivity contribution in [2.24, 2.45) is 10.7 Å². The van der Waals surface area contributed by atoms with Gasteiger partial charge in [0.25, 0.3) is 0 Å². The van der Waals surface area contributed by atoms with Crippen LogP contribution < -0.4 is 20.5 Å². The van der Waals surface area contributed by atoms with Crippen LogP contribution in [0.3, 0.4) is 0 Å². The molecule has 25 heavy (non-hydrogen) atoms. The molecule has 0 bridgehead atoms. The van der Waals surface area contributed by atoms with Crippen LogP contribution in [0.25, 0.3) is 0 Å². The Labute approximate surface area is 152 Å². The minimum absolute atomic E-state index is 0.403. The van der Waals surface area contributed by atoms with Crippen LogP contribution in [0.5, 0.6) is 11.5 Å². The molecule has 0 saturated carbocycles. The van der Waals surface area contributed by atoms with Gasteiger partial charge < -0.3 is 20.5 Å². The van der Waals surface area contributed by atoms with Crippen LogP contribution in [-0.4, -0.2) is 44.7 Å². The predicted octanol–water partition coefficient (Wildman–Crippen LogP) is 2.55. The lowest BCUT2D eigenvalue weighted by Gasteiger charge is -2.26. The molecule has 0 unspecified atom stereocenters. The summed E-state index contributed by atoms with van der Waals surface area (Å²) in [6.45, 7) is 3.68. The van der Waals surface area contributed by atoms with Gasteiger partial charge in [-0.2, -0.15) is 0 Å². The third kappa shape index (κ3) is 4.43. The van der Waals surface area contributed by atoms with E-state index in [1.807, 2.05) is 29.5 Å². The summed E-state index contributed by atoms with van der Waals surface area (Å²) < 4.78 is 10.5. The Morgan fingerprint density at radius 1 is 1.28 bits per heavy atom. The Bertz CT molecular complexity index is 744. The smallest absolute Gasteiger partial charge is 0.193 e. The molecule has 134 valence electrons. The first kappa shape index (κ1) is 17.6. The Balaban J connectivity index is 1.51. The number of hydrogen-bond acceptors (Lipinski definition) is 5. The highest BCUT2D eigenvalue weighted by molar-refractivity contribution is 7.10. The van der Waals surface area contributed by atoms with Gasteiger partial charge in [0, 0.05) is 36.3 Å². The van der Waals surface area contributed by atoms with E-state index >= 15 is 0 Å². The average molecular weight is 360 g/mol. The maximum atomic E-state index is 5.99. The normalized spacial score (nSPS) is 14.9. The number of rotatable bonds is 6. The number of anilines is 1. The summed E-state index contributed by atoms with van der Waals surface area (Å²) in [4.78, 5) is 8.37. The zero-order chi connectivity index (χ0) is 17.6. The summed E-state index contributed by atoms with van der Waals surface area (Å²) in [6, 6.07) is 7.78. The molecule has 0 radical (unpaired) electrons. The van der Waals surface area contributed by atoms with Crippen molar-refractivity contribution in [3.8, 4) is 11.5 Å². The van der Waals surface area contributed by atoms with Gasteiger partial charge >= 0.3 is 0 Å². The molecule has 0 fully saturated rings. The lowest BCUT2D eigenvalue weighted by molar-refractivity contribution is 0.264. The van der Waals surface area contributed by atoms with Gasteiger partial charge in [0.15, 0.2) is 17.5 Å². The Kier molecular flexibility index (Phi) is 5.78. The second-order valence-electron chi connectivity index (χ2n) is 5.86. The second-order valence-corrected chi connectivity index (χ2v) is 6.86. The predicted molar refractivity (Wildman–Crippen MR) is 103 cm³/mol. The lowest BCUT2D eigenvalue weighted by atomic mass is 10.1. The van der Waals surface area contributed by atoms with Crippen LogP contribution in [0.4, 0.5) is 5.69 Å². The molecule has 2 aromatic rings. The van der Waals surface area contributed by atoms with Gasteiger partial charge in [-0.15, -0.1) is 11.3 Å². The molecule has 1 aliphatic rings. The summed E-state index contributed by atoms with van der Waals surface area (Å²) in [6.07, 6.45) is 1.14. The number of fused-ring (bicyclic) bond motifs is 1. The van der Waals surface area contributed by atoms with E-state index in [0.29, 0.717) is 24.0 Å². The van der Waals surface area contributed by atoms with Gasteiger partial charge in [0.05, 0.1) is 20.8 Å². The van der Waals surface area contributed by atoms with Crippen molar-refractivity contribution >= 4 is 23.0 Å². The third-order valence-corrected chi connectivity index (χ3v) is 5.26. The number of hydrogen-bond donors (Lipinski definition) is 2. The van der Waals surface area contributed by atoms with Gasteiger partial charge in [0.1, 0.15) is 0 Å². The van der Waals surface area contributed by atoms with Crippen LogP contribution in [0.15, 0.2) is 34.6 Å². The van der Waals surface area contributed by atoms with Crippen molar-refractivity contribution in [2.45, 2.75) is 13.0 Å². The number of methoxy groups -OCH3 is 2. The van der Waals surface area contributed by atoms with Crippen molar-refractivity contribution in [3.63, 3.8) is 0 Å². The number of guanidine groups is 1. The van der Waals surface area contributed by atoms with Crippen LogP contribution in [0.2, 0.25) is 0 Å². The molecule has 3 rings (SSSR count). The minimum Gasteiger partial charge on any atom is -0.493 e. The molecule has 1 aromatic carbocycles. The zero-order valence-corrected chi connectivity index (χ0v) is 15.4. The highest BCUT2D eigenvalue weighted by Crippen LogP contribution is 2.29. The summed E-state index contributed by atoms with van der Waals surface area (Å²) in [5.74, 6) is 1.74. The van der Waals surface area contributed by atoms with E-state index in [-0.39, 0.29) is 0 Å². The average Bonchev–Trinajstić information content (AvgIpc) is 3.09. The Morgan fingerprint density at radius 2 is 2.12 bits per heavy atom. The number of thiophene rings is 1. The zero-order valence-electron chi connectivity index (χ0n) is 14.6. The van der Waals surface area contributed by atoms with E-state index in [0.717, 1.165) is 31.7 Å². The molecule has 0 amide bonds. The molecule has 6 nitrogen and oxygen atoms in total. The van der Waals surface area contributed by atoms with Gasteiger partial charge in [-0.05, 0) is 35.6 Å². The molecule has 0 spiro atoms. The van der Waals surface area contributed by atoms with Crippen LogP contribution >= 0.6 is 11.3 Å². The molecular weight excluding hydrogens is 336 g/mol. The molecule has 0 saturated heterocycles. The van der Waals surface area contributed by atoms with Gasteiger partial charge in [-0.25, -0.2) is 0 Å². The van der Waals surface area contributed by atoms with E-state index in [4.69, 9.17) is 15.2 Å². The van der Waals surface area contributed by atoms with Gasteiger partial charge in [-0.3, -0.25) is 9.89 Å². The van der Waals surface area contributed by atoms with E-state index < -0.39 is 0 Å². The van der Waals surface area contributed by atoms with Crippen molar-refractivity contribution in [3.05, 3.63) is 40.1 Å². The summed E-state index contributed by atoms with van der Waals surface area (Å²) >= 11 is 1.86. The van der Waals surface area contributed by atoms with Crippen LogP contribution in [0.1, 0.15) is 10.4 Å². The second kappa shape index (κ2) is 8.22. The molecule has 2 heterocycles. The Morgan fingerprint density at radius 3 is 2.92 bits per heavy atom. The van der Waals surface area contributed by atoms with Crippen LogP contribution in [0, 0.1) is 0 Å². The van der Waals surface area contributed by atoms with Gasteiger partial charge in [-0.1, -0.05) is 0 Å². The standard InChI is InChI=1S/C18H24N4O2S/c1-23-15-4-3-14(11-16(15)24-2)21-18(19)20-7-9-22-8-5-17-13(12-22)6-10-25-17/h3-4,6,10-11H,5,7-9,12H2,1-2H3,(H3,19,20,21). The van der Waals surface area contributed by atoms with Crippen LogP contribution in [-0.2, 0) is 13.0 Å². The number of nitrogens with two attached hydrogens (primary N) is 1. The van der Waals surface area contributed by atoms with Gasteiger partial charge in [0.2, 0.25) is 0 Å². The maximum absolute atomic E-state index is 5.99. The summed E-state index contributed by atoms with van der Waals surface area (Å²) in [5.41, 5.74) is 8.27. The van der Waals surface area contributed by atoms with Crippen molar-refractivity contribution in [1.29, 1.82) is 0 Å². The summed E-state index contributed by atoms with van der Waals surface area (Å²) in [7, 11) is 3.22. The number of nitrogens with zero attached hydrogens (tertiary/aromatic N) is 2. The number of ether oxygens (including phenoxy) is 2. The SMILES string of the molecule is COc1ccc(NC(N)=NCCN2CCc3sccc3C2)cc1OC. The van der Waals surface area contributed by atoms with Crippen molar-refractivity contribution in [2.75, 3.05) is 39.2 Å². The minimum atomic E-state index is 0.403. The lowest BCUT2D eigenvalue weighted by Crippen LogP contribution is -2.32. The van der Waals surface area contributed by atoms with Crippen molar-refractivity contribution in [1.82, 2.24) is 4.90 Å².